The predicted octanol–water partition coefficient (Wildman–Crippen LogP) is 3.02. The van der Waals surface area contributed by atoms with Crippen LogP contribution in [0.1, 0.15) is 24.2 Å². The van der Waals surface area contributed by atoms with Gasteiger partial charge < -0.3 is 9.64 Å². The van der Waals surface area contributed by atoms with Crippen LogP contribution in [0.25, 0.3) is 0 Å². The van der Waals surface area contributed by atoms with Crippen molar-refractivity contribution in [3.63, 3.8) is 0 Å². The molecule has 0 N–H and O–H groups in total. The summed E-state index contributed by atoms with van der Waals surface area (Å²) in [6.07, 6.45) is 0. The van der Waals surface area contributed by atoms with Crippen LogP contribution in [0.2, 0.25) is 5.02 Å². The number of carbonyl (C=O) groups excluding carboxylic acids is 1. The molecule has 1 rings (SSSR count). The molecule has 0 saturated carbocycles. The van der Waals surface area contributed by atoms with Crippen LogP contribution < -0.4 is 4.90 Å². The quantitative estimate of drug-likeness (QED) is 0.578. The first kappa shape index (κ1) is 14.0. The summed E-state index contributed by atoms with van der Waals surface area (Å²) in [7, 11) is 1.97. The number of nitrogens with zero attached hydrogens (tertiary/aromatic N) is 1. The molecule has 0 radical (unpaired) electrons. The van der Waals surface area contributed by atoms with E-state index in [4.69, 9.17) is 16.3 Å². The minimum Gasteiger partial charge on any atom is -0.380 e. The molecule has 0 spiro atoms. The first-order valence-corrected chi connectivity index (χ1v) is 6.03. The van der Waals surface area contributed by atoms with Gasteiger partial charge in [-0.15, -0.1) is 0 Å². The Balaban J connectivity index is 2.72. The van der Waals surface area contributed by atoms with Crippen molar-refractivity contribution in [1.29, 1.82) is 0 Å². The number of halogens is 1. The van der Waals surface area contributed by atoms with Crippen LogP contribution in [0.15, 0.2) is 18.2 Å². The van der Waals surface area contributed by atoms with Crippen molar-refractivity contribution in [2.24, 2.45) is 0 Å². The topological polar surface area (TPSA) is 29.5 Å². The highest BCUT2D eigenvalue weighted by molar-refractivity contribution is 6.34. The molecule has 4 heteroatoms. The third kappa shape index (κ3) is 4.02. The third-order valence-electron chi connectivity index (χ3n) is 2.55. The van der Waals surface area contributed by atoms with Crippen molar-refractivity contribution in [2.75, 3.05) is 31.7 Å². The summed E-state index contributed by atoms with van der Waals surface area (Å²) in [6, 6.07) is 5.47. The monoisotopic (exact) mass is 255 g/mol. The molecule has 0 atom stereocenters. The number of Topliss-reactive ketones (excluding diaryl/α,β-unsaturated/α-hetero) is 1. The van der Waals surface area contributed by atoms with E-state index >= 15 is 0 Å². The van der Waals surface area contributed by atoms with Crippen LogP contribution in [0.3, 0.4) is 0 Å². The highest BCUT2D eigenvalue weighted by atomic mass is 35.5. The van der Waals surface area contributed by atoms with Gasteiger partial charge in [-0.25, -0.2) is 0 Å². The lowest BCUT2D eigenvalue weighted by molar-refractivity contribution is 0.101. The zero-order chi connectivity index (χ0) is 12.8. The summed E-state index contributed by atoms with van der Waals surface area (Å²) in [4.78, 5) is 13.3. The Kier molecular flexibility index (Phi) is 5.45. The molecule has 0 bridgehead atoms. The molecule has 0 unspecified atom stereocenters. The van der Waals surface area contributed by atoms with Gasteiger partial charge in [0, 0.05) is 31.5 Å². The third-order valence-corrected chi connectivity index (χ3v) is 2.86. The van der Waals surface area contributed by atoms with E-state index in [1.54, 1.807) is 6.07 Å². The predicted molar refractivity (Wildman–Crippen MR) is 71.2 cm³/mol. The maximum Gasteiger partial charge on any atom is 0.161 e. The smallest absolute Gasteiger partial charge is 0.161 e. The molecule has 0 aromatic heterocycles. The van der Waals surface area contributed by atoms with Gasteiger partial charge in [-0.1, -0.05) is 11.6 Å². The molecule has 0 heterocycles. The molecule has 17 heavy (non-hydrogen) atoms. The van der Waals surface area contributed by atoms with Crippen LogP contribution in [-0.2, 0) is 4.74 Å². The van der Waals surface area contributed by atoms with Gasteiger partial charge >= 0.3 is 0 Å². The van der Waals surface area contributed by atoms with E-state index < -0.39 is 0 Å². The SMILES string of the molecule is CCOCCN(C)c1ccc(C(C)=O)c(Cl)c1. The van der Waals surface area contributed by atoms with Crippen molar-refractivity contribution < 1.29 is 9.53 Å². The maximum absolute atomic E-state index is 11.2. The van der Waals surface area contributed by atoms with Gasteiger partial charge in [0.2, 0.25) is 0 Å². The molecule has 0 aliphatic rings. The summed E-state index contributed by atoms with van der Waals surface area (Å²) < 4.78 is 5.29. The van der Waals surface area contributed by atoms with Gasteiger partial charge in [0.05, 0.1) is 11.6 Å². The van der Waals surface area contributed by atoms with Crippen LogP contribution in [0, 0.1) is 0 Å². The Morgan fingerprint density at radius 3 is 2.71 bits per heavy atom. The molecular formula is C13H18ClNO2. The van der Waals surface area contributed by atoms with E-state index in [-0.39, 0.29) is 5.78 Å². The first-order valence-electron chi connectivity index (χ1n) is 5.65. The van der Waals surface area contributed by atoms with E-state index in [2.05, 4.69) is 0 Å². The highest BCUT2D eigenvalue weighted by Gasteiger charge is 2.08. The number of hydrogen-bond acceptors (Lipinski definition) is 3. The number of hydrogen-bond donors (Lipinski definition) is 0. The zero-order valence-corrected chi connectivity index (χ0v) is 11.3. The summed E-state index contributed by atoms with van der Waals surface area (Å²) in [6.45, 7) is 5.68. The van der Waals surface area contributed by atoms with E-state index in [9.17, 15) is 4.79 Å². The summed E-state index contributed by atoms with van der Waals surface area (Å²) >= 11 is 6.05. The van der Waals surface area contributed by atoms with Crippen molar-refractivity contribution in [3.05, 3.63) is 28.8 Å². The van der Waals surface area contributed by atoms with E-state index in [1.165, 1.54) is 6.92 Å². The van der Waals surface area contributed by atoms with Crippen LogP contribution in [0.4, 0.5) is 5.69 Å². The van der Waals surface area contributed by atoms with Gasteiger partial charge in [0.25, 0.3) is 0 Å². The molecule has 94 valence electrons. The van der Waals surface area contributed by atoms with Crippen LogP contribution >= 0.6 is 11.6 Å². The Labute approximate surface area is 107 Å². The number of benzene rings is 1. The molecule has 0 fully saturated rings. The van der Waals surface area contributed by atoms with Gasteiger partial charge in [0.15, 0.2) is 5.78 Å². The largest absolute Gasteiger partial charge is 0.380 e. The van der Waals surface area contributed by atoms with Crippen LogP contribution in [0.5, 0.6) is 0 Å². The van der Waals surface area contributed by atoms with E-state index in [0.29, 0.717) is 17.2 Å². The average Bonchev–Trinajstić information content (AvgIpc) is 2.28. The lowest BCUT2D eigenvalue weighted by Gasteiger charge is -2.19. The number of likely N-dealkylation sites (N-methyl/N-ethyl adjacent to an activating group) is 1. The number of ketones is 1. The number of rotatable bonds is 6. The van der Waals surface area contributed by atoms with Crippen molar-refractivity contribution in [3.8, 4) is 0 Å². The molecular weight excluding hydrogens is 238 g/mol. The normalized spacial score (nSPS) is 10.4. The highest BCUT2D eigenvalue weighted by Crippen LogP contribution is 2.23. The Hall–Kier alpha value is -1.06. The second-order valence-corrected chi connectivity index (χ2v) is 4.25. The lowest BCUT2D eigenvalue weighted by Crippen LogP contribution is -2.22. The number of anilines is 1. The zero-order valence-electron chi connectivity index (χ0n) is 10.5. The van der Waals surface area contributed by atoms with Crippen molar-refractivity contribution in [1.82, 2.24) is 0 Å². The molecule has 0 aliphatic carbocycles. The average molecular weight is 256 g/mol. The summed E-state index contributed by atoms with van der Waals surface area (Å²) in [5, 5.41) is 0.498. The fourth-order valence-corrected chi connectivity index (χ4v) is 1.81. The van der Waals surface area contributed by atoms with Gasteiger partial charge in [-0.05, 0) is 32.0 Å². The van der Waals surface area contributed by atoms with Gasteiger partial charge in [0.1, 0.15) is 0 Å². The molecule has 3 nitrogen and oxygen atoms in total. The molecule has 1 aromatic carbocycles. The number of ether oxygens (including phenoxy) is 1. The summed E-state index contributed by atoms with van der Waals surface area (Å²) in [5.41, 5.74) is 1.55. The maximum atomic E-state index is 11.2. The Morgan fingerprint density at radius 1 is 1.47 bits per heavy atom. The standard InChI is InChI=1S/C13H18ClNO2/c1-4-17-8-7-15(3)11-5-6-12(10(2)16)13(14)9-11/h5-6,9H,4,7-8H2,1-3H3. The second-order valence-electron chi connectivity index (χ2n) is 3.84. The first-order chi connectivity index (χ1) is 8.06. The molecule has 0 aliphatic heterocycles. The fourth-order valence-electron chi connectivity index (χ4n) is 1.50. The Bertz CT molecular complexity index is 393. The number of carbonyl (C=O) groups is 1. The van der Waals surface area contributed by atoms with E-state index in [1.807, 2.05) is 31.0 Å². The second kappa shape index (κ2) is 6.62. The fraction of sp³-hybridized carbons (Fsp3) is 0.462. The van der Waals surface area contributed by atoms with Crippen LogP contribution in [-0.4, -0.2) is 32.6 Å². The Morgan fingerprint density at radius 2 is 2.18 bits per heavy atom. The van der Waals surface area contributed by atoms with Crippen molar-refractivity contribution in [2.45, 2.75) is 13.8 Å². The van der Waals surface area contributed by atoms with Crippen molar-refractivity contribution >= 4 is 23.1 Å². The summed E-state index contributed by atoms with van der Waals surface area (Å²) in [5.74, 6) is -0.0153. The minimum absolute atomic E-state index is 0.0153. The minimum atomic E-state index is -0.0153. The van der Waals surface area contributed by atoms with Gasteiger partial charge in [-0.3, -0.25) is 4.79 Å². The molecule has 0 saturated heterocycles. The molecule has 1 aromatic rings. The molecule has 0 amide bonds. The van der Waals surface area contributed by atoms with Gasteiger partial charge in [-0.2, -0.15) is 0 Å². The lowest BCUT2D eigenvalue weighted by atomic mass is 10.1. The van der Waals surface area contributed by atoms with E-state index in [0.717, 1.165) is 18.8 Å².